The normalized spacial score (nSPS) is 20.1. The van der Waals surface area contributed by atoms with Crippen LogP contribution in [-0.4, -0.2) is 50.1 Å². The van der Waals surface area contributed by atoms with Crippen molar-refractivity contribution in [2.24, 2.45) is 5.92 Å². The Morgan fingerprint density at radius 3 is 2.45 bits per heavy atom. The molecule has 0 bridgehead atoms. The van der Waals surface area contributed by atoms with Crippen LogP contribution in [0.3, 0.4) is 0 Å². The lowest BCUT2D eigenvalue weighted by Crippen LogP contribution is -2.48. The summed E-state index contributed by atoms with van der Waals surface area (Å²) in [6.45, 7) is 2.33. The molecule has 1 aromatic heterocycles. The zero-order chi connectivity index (χ0) is 22.5. The highest BCUT2D eigenvalue weighted by Crippen LogP contribution is 2.39. The van der Waals surface area contributed by atoms with E-state index in [9.17, 15) is 9.59 Å². The Morgan fingerprint density at radius 1 is 1.16 bits per heavy atom. The topological polar surface area (TPSA) is 85.8 Å². The van der Waals surface area contributed by atoms with Crippen molar-refractivity contribution >= 4 is 5.69 Å². The second kappa shape index (κ2) is 9.58. The predicted molar refractivity (Wildman–Crippen MR) is 119 cm³/mol. The molecule has 0 saturated carbocycles. The number of benzene rings is 1. The summed E-state index contributed by atoms with van der Waals surface area (Å²) in [7, 11) is 4.82. The molecule has 1 aromatic carbocycles. The Bertz CT molecular complexity index is 1090. The number of ether oxygens (including phenoxy) is 3. The van der Waals surface area contributed by atoms with E-state index in [1.54, 1.807) is 34.4 Å². The van der Waals surface area contributed by atoms with Crippen LogP contribution in [0.5, 0.6) is 5.75 Å². The van der Waals surface area contributed by atoms with Gasteiger partial charge in [-0.3, -0.25) is 14.3 Å². The molecule has 0 unspecified atom stereocenters. The first-order valence-electron chi connectivity index (χ1n) is 9.86. The Hall–Kier alpha value is -3.44. The van der Waals surface area contributed by atoms with Crippen molar-refractivity contribution in [1.82, 2.24) is 9.55 Å². The Labute approximate surface area is 181 Å². The van der Waals surface area contributed by atoms with Crippen LogP contribution in [0.15, 0.2) is 51.9 Å². The van der Waals surface area contributed by atoms with Crippen LogP contribution in [-0.2, 0) is 9.47 Å². The van der Waals surface area contributed by atoms with Gasteiger partial charge in [0, 0.05) is 24.6 Å². The lowest BCUT2D eigenvalue weighted by atomic mass is 9.97. The number of aromatic nitrogens is 2. The number of anilines is 1. The van der Waals surface area contributed by atoms with Gasteiger partial charge in [-0.2, -0.15) is 0 Å². The summed E-state index contributed by atoms with van der Waals surface area (Å²) >= 11 is 0. The molecule has 164 valence electrons. The number of terminal acetylenes is 1. The number of H-pyrrole nitrogens is 1. The summed E-state index contributed by atoms with van der Waals surface area (Å²) in [5.41, 5.74) is 0.408. The minimum absolute atomic E-state index is 0.186. The van der Waals surface area contributed by atoms with Gasteiger partial charge in [0.25, 0.3) is 5.56 Å². The first kappa shape index (κ1) is 22.2. The number of hydrogen-bond donors (Lipinski definition) is 1. The molecule has 2 aromatic rings. The maximum Gasteiger partial charge on any atom is 0.328 e. The third-order valence-corrected chi connectivity index (χ3v) is 5.54. The van der Waals surface area contributed by atoms with Gasteiger partial charge in [0.05, 0.1) is 45.4 Å². The van der Waals surface area contributed by atoms with Crippen LogP contribution in [0.4, 0.5) is 5.69 Å². The molecule has 0 amide bonds. The molecular weight excluding hydrogens is 398 g/mol. The third kappa shape index (κ3) is 4.37. The van der Waals surface area contributed by atoms with Crippen LogP contribution in [0, 0.1) is 25.2 Å². The van der Waals surface area contributed by atoms with Crippen LogP contribution in [0.2, 0.25) is 0 Å². The van der Waals surface area contributed by atoms with E-state index >= 15 is 0 Å². The summed E-state index contributed by atoms with van der Waals surface area (Å²) in [6, 6.07) is 6.83. The van der Waals surface area contributed by atoms with E-state index in [-0.39, 0.29) is 12.0 Å². The number of aryl methyl sites for hydroxylation is 1. The lowest BCUT2D eigenvalue weighted by Gasteiger charge is -2.38. The van der Waals surface area contributed by atoms with Crippen LogP contribution in [0.25, 0.3) is 0 Å². The average molecular weight is 425 g/mol. The maximum absolute atomic E-state index is 12.7. The minimum atomic E-state index is -0.495. The Kier molecular flexibility index (Phi) is 6.88. The Morgan fingerprint density at radius 2 is 1.87 bits per heavy atom. The number of methoxy groups -OCH3 is 3. The molecule has 0 saturated heterocycles. The molecule has 1 aliphatic carbocycles. The van der Waals surface area contributed by atoms with Crippen molar-refractivity contribution in [2.75, 3.05) is 39.4 Å². The lowest BCUT2D eigenvalue weighted by molar-refractivity contribution is 0.120. The van der Waals surface area contributed by atoms with Gasteiger partial charge >= 0.3 is 5.69 Å². The fourth-order valence-corrected chi connectivity index (χ4v) is 4.07. The molecule has 8 nitrogen and oxygen atoms in total. The van der Waals surface area contributed by atoms with Gasteiger partial charge in [0.1, 0.15) is 11.5 Å². The van der Waals surface area contributed by atoms with Gasteiger partial charge < -0.3 is 19.1 Å². The van der Waals surface area contributed by atoms with Crippen LogP contribution < -0.4 is 20.9 Å². The molecule has 3 rings (SSSR count). The summed E-state index contributed by atoms with van der Waals surface area (Å²) < 4.78 is 17.9. The zero-order valence-corrected chi connectivity index (χ0v) is 18.1. The second-order valence-electron chi connectivity index (χ2n) is 7.32. The first-order chi connectivity index (χ1) is 14.9. The number of aromatic amines is 1. The third-order valence-electron chi connectivity index (χ3n) is 5.54. The van der Waals surface area contributed by atoms with E-state index in [1.807, 2.05) is 35.2 Å². The summed E-state index contributed by atoms with van der Waals surface area (Å²) in [5, 5.41) is 0. The number of rotatable bonds is 8. The fourth-order valence-electron chi connectivity index (χ4n) is 4.07. The fraction of sp³-hybridized carbons (Fsp3) is 0.391. The molecule has 1 aliphatic rings. The molecule has 1 N–H and O–H groups in total. The molecule has 8 heteroatoms. The van der Waals surface area contributed by atoms with E-state index in [4.69, 9.17) is 20.6 Å². The van der Waals surface area contributed by atoms with E-state index < -0.39 is 17.3 Å². The molecular formula is C23H27N3O5. The number of nitrogens with one attached hydrogen (secondary N) is 1. The number of hydrogen-bond acceptors (Lipinski definition) is 6. The molecule has 31 heavy (non-hydrogen) atoms. The van der Waals surface area contributed by atoms with Crippen molar-refractivity contribution in [1.29, 1.82) is 0 Å². The molecule has 0 radical (unpaired) electrons. The van der Waals surface area contributed by atoms with E-state index in [2.05, 4.69) is 10.9 Å². The second-order valence-corrected chi connectivity index (χ2v) is 7.32. The molecule has 3 atom stereocenters. The van der Waals surface area contributed by atoms with Crippen LogP contribution in [0.1, 0.15) is 11.6 Å². The standard InChI is InChI=1S/C23H27N3O5/c1-6-11-25(16-7-9-17(30-4)10-8-16)21-18(14-29-3)20(31-5)12-19(21)26-13-15(2)22(27)24-23(26)28/h1,7-10,12-13,18-19,21H,11,14H2,2-5H3,(H,24,27,28)/t18-,19+,21+/m0/s1. The first-order valence-corrected chi connectivity index (χ1v) is 9.86. The molecule has 1 heterocycles. The minimum Gasteiger partial charge on any atom is -0.501 e. The van der Waals surface area contributed by atoms with Crippen molar-refractivity contribution < 1.29 is 14.2 Å². The van der Waals surface area contributed by atoms with Gasteiger partial charge in [-0.1, -0.05) is 5.92 Å². The largest absolute Gasteiger partial charge is 0.501 e. The highest BCUT2D eigenvalue weighted by molar-refractivity contribution is 5.53. The summed E-state index contributed by atoms with van der Waals surface area (Å²) in [6.07, 6.45) is 9.18. The van der Waals surface area contributed by atoms with Gasteiger partial charge in [-0.25, -0.2) is 4.79 Å². The van der Waals surface area contributed by atoms with E-state index in [0.29, 0.717) is 24.5 Å². The molecule has 0 aliphatic heterocycles. The molecule has 0 fully saturated rings. The quantitative estimate of drug-likeness (QED) is 0.648. The monoisotopic (exact) mass is 425 g/mol. The predicted octanol–water partition coefficient (Wildman–Crippen LogP) is 1.71. The smallest absolute Gasteiger partial charge is 0.328 e. The van der Waals surface area contributed by atoms with Crippen molar-refractivity contribution in [3.8, 4) is 18.1 Å². The zero-order valence-electron chi connectivity index (χ0n) is 18.1. The summed E-state index contributed by atoms with van der Waals surface area (Å²) in [4.78, 5) is 29.1. The van der Waals surface area contributed by atoms with Crippen molar-refractivity contribution in [3.63, 3.8) is 0 Å². The average Bonchev–Trinajstić information content (AvgIpc) is 3.12. The van der Waals surface area contributed by atoms with E-state index in [0.717, 1.165) is 11.4 Å². The number of nitrogens with zero attached hydrogens (tertiary/aromatic N) is 2. The van der Waals surface area contributed by atoms with Crippen molar-refractivity contribution in [2.45, 2.75) is 19.0 Å². The van der Waals surface area contributed by atoms with Gasteiger partial charge in [0.2, 0.25) is 0 Å². The highest BCUT2D eigenvalue weighted by atomic mass is 16.5. The van der Waals surface area contributed by atoms with Gasteiger partial charge in [-0.15, -0.1) is 6.42 Å². The maximum atomic E-state index is 12.7. The summed E-state index contributed by atoms with van der Waals surface area (Å²) in [5.74, 6) is 3.96. The van der Waals surface area contributed by atoms with Crippen molar-refractivity contribution in [3.05, 3.63) is 68.7 Å². The highest BCUT2D eigenvalue weighted by Gasteiger charge is 2.43. The Balaban J connectivity index is 2.16. The van der Waals surface area contributed by atoms with Crippen LogP contribution >= 0.6 is 0 Å². The SMILES string of the molecule is C#CCN(c1ccc(OC)cc1)[C@H]1[C@H](n2cc(C)c(=O)[nH]c2=O)C=C(OC)[C@@H]1COC. The molecule has 0 spiro atoms. The van der Waals surface area contributed by atoms with E-state index in [1.165, 1.54) is 4.57 Å². The van der Waals surface area contributed by atoms with Gasteiger partial charge in [-0.05, 0) is 37.3 Å². The van der Waals surface area contributed by atoms with Gasteiger partial charge in [0.15, 0.2) is 0 Å².